The molecule has 0 saturated heterocycles. The molecular weight excluding hydrogens is 466 g/mol. The number of aliphatic carboxylic acids is 1. The minimum absolute atomic E-state index is 0.349. The quantitative estimate of drug-likeness (QED) is 0.241. The van der Waals surface area contributed by atoms with Gasteiger partial charge in [-0.05, 0) is 81.1 Å². The molecule has 3 aromatic carbocycles. The molecule has 192 valence electrons. The minimum Gasteiger partial charge on any atom is -0.484 e. The van der Waals surface area contributed by atoms with Crippen molar-refractivity contribution in [1.82, 2.24) is 4.98 Å². The molecule has 0 fully saturated rings. The molecular formula is C31H33NO5. The van der Waals surface area contributed by atoms with Gasteiger partial charge in [-0.3, -0.25) is 0 Å². The highest BCUT2D eigenvalue weighted by Crippen LogP contribution is 2.33. The molecule has 1 aromatic heterocycles. The maximum atomic E-state index is 11.5. The van der Waals surface area contributed by atoms with Crippen LogP contribution in [0.4, 0.5) is 0 Å². The lowest BCUT2D eigenvalue weighted by Gasteiger charge is -2.24. The van der Waals surface area contributed by atoms with Crippen LogP contribution in [-0.4, -0.2) is 21.7 Å². The summed E-state index contributed by atoms with van der Waals surface area (Å²) < 4.78 is 18.0. The lowest BCUT2D eigenvalue weighted by molar-refractivity contribution is -0.152. The lowest BCUT2D eigenvalue weighted by atomic mass is 10.0. The van der Waals surface area contributed by atoms with Crippen LogP contribution in [0.1, 0.15) is 57.2 Å². The fourth-order valence-corrected chi connectivity index (χ4v) is 4.12. The summed E-state index contributed by atoms with van der Waals surface area (Å²) in [7, 11) is 0. The van der Waals surface area contributed by atoms with Crippen LogP contribution in [0.3, 0.4) is 0 Å². The van der Waals surface area contributed by atoms with E-state index >= 15 is 0 Å². The molecule has 1 heterocycles. The van der Waals surface area contributed by atoms with Crippen molar-refractivity contribution in [2.45, 2.75) is 59.2 Å². The molecule has 0 aliphatic carbocycles. The molecule has 1 unspecified atom stereocenters. The van der Waals surface area contributed by atoms with E-state index in [1.54, 1.807) is 12.1 Å². The third-order valence-corrected chi connectivity index (χ3v) is 6.20. The fraction of sp³-hybridized carbons (Fsp3) is 0.290. The third-order valence-electron chi connectivity index (χ3n) is 6.20. The van der Waals surface area contributed by atoms with Crippen LogP contribution in [-0.2, 0) is 11.2 Å². The minimum atomic E-state index is -1.33. The normalized spacial score (nSPS) is 12.2. The molecule has 4 aromatic rings. The number of hydrogen-bond donors (Lipinski definition) is 1. The molecule has 4 rings (SSSR count). The maximum absolute atomic E-state index is 11.5. The van der Waals surface area contributed by atoms with E-state index in [-0.39, 0.29) is 6.10 Å². The van der Waals surface area contributed by atoms with Crippen molar-refractivity contribution >= 4 is 5.97 Å². The molecule has 0 bridgehead atoms. The van der Waals surface area contributed by atoms with Crippen molar-refractivity contribution in [3.63, 3.8) is 0 Å². The van der Waals surface area contributed by atoms with Gasteiger partial charge in [-0.1, -0.05) is 55.8 Å². The van der Waals surface area contributed by atoms with Gasteiger partial charge >= 0.3 is 5.97 Å². The van der Waals surface area contributed by atoms with Crippen LogP contribution in [0.2, 0.25) is 0 Å². The number of rotatable bonds is 10. The Kier molecular flexibility index (Phi) is 7.67. The van der Waals surface area contributed by atoms with Gasteiger partial charge in [0.2, 0.25) is 5.89 Å². The first-order valence-corrected chi connectivity index (χ1v) is 12.5. The molecule has 1 N–H and O–H groups in total. The highest BCUT2D eigenvalue weighted by atomic mass is 16.5. The van der Waals surface area contributed by atoms with Crippen LogP contribution < -0.4 is 9.47 Å². The molecule has 6 heteroatoms. The smallest absolute Gasteiger partial charge is 0.347 e. The number of carbonyl (C=O) groups is 1. The van der Waals surface area contributed by atoms with E-state index in [9.17, 15) is 9.90 Å². The van der Waals surface area contributed by atoms with Gasteiger partial charge in [0, 0.05) is 5.56 Å². The lowest BCUT2D eigenvalue weighted by Crippen LogP contribution is -2.38. The Balaban J connectivity index is 1.52. The van der Waals surface area contributed by atoms with Crippen LogP contribution in [0.15, 0.2) is 77.2 Å². The van der Waals surface area contributed by atoms with Gasteiger partial charge in [-0.2, -0.15) is 0 Å². The summed E-state index contributed by atoms with van der Waals surface area (Å²) in [4.78, 5) is 16.3. The van der Waals surface area contributed by atoms with Crippen LogP contribution in [0, 0.1) is 6.92 Å². The standard InChI is InChI=1S/C31H33NO5/c1-6-10-25-19-26(17-18-27(25)37-31(4,5)30(33)34)35-20(2)28-21(3)36-29(32-28)24-15-13-23(14-16-24)22-11-8-7-9-12-22/h7-9,11-20H,6,10H2,1-5H3,(H,33,34). The Bertz CT molecular complexity index is 1360. The number of aryl methyl sites for hydroxylation is 2. The second kappa shape index (κ2) is 10.9. The maximum Gasteiger partial charge on any atom is 0.347 e. The number of oxazole rings is 1. The summed E-state index contributed by atoms with van der Waals surface area (Å²) in [6, 6.07) is 23.8. The Morgan fingerprint density at radius 3 is 2.30 bits per heavy atom. The van der Waals surface area contributed by atoms with Crippen LogP contribution in [0.5, 0.6) is 11.5 Å². The zero-order valence-corrected chi connectivity index (χ0v) is 21.9. The summed E-state index contributed by atoms with van der Waals surface area (Å²) in [5, 5.41) is 9.43. The van der Waals surface area contributed by atoms with Crippen molar-refractivity contribution in [3.05, 3.63) is 89.8 Å². The first kappa shape index (κ1) is 26.0. The van der Waals surface area contributed by atoms with Crippen LogP contribution >= 0.6 is 0 Å². The second-order valence-electron chi connectivity index (χ2n) is 9.60. The molecule has 0 spiro atoms. The Hall–Kier alpha value is -4.06. The van der Waals surface area contributed by atoms with Crippen molar-refractivity contribution in [3.8, 4) is 34.1 Å². The summed E-state index contributed by atoms with van der Waals surface area (Å²) >= 11 is 0. The number of aromatic nitrogens is 1. The molecule has 0 aliphatic heterocycles. The van der Waals surface area contributed by atoms with Gasteiger partial charge in [0.15, 0.2) is 5.60 Å². The van der Waals surface area contributed by atoms with Crippen LogP contribution in [0.25, 0.3) is 22.6 Å². The van der Waals surface area contributed by atoms with Crippen molar-refractivity contribution in [2.24, 2.45) is 0 Å². The molecule has 1 atom stereocenters. The summed E-state index contributed by atoms with van der Waals surface area (Å²) in [6.07, 6.45) is 1.28. The number of hydrogen-bond acceptors (Lipinski definition) is 5. The second-order valence-corrected chi connectivity index (χ2v) is 9.60. The predicted octanol–water partition coefficient (Wildman–Crippen LogP) is 7.65. The summed E-state index contributed by atoms with van der Waals surface area (Å²) in [5.74, 6) is 1.44. The first-order chi connectivity index (χ1) is 17.7. The van der Waals surface area contributed by atoms with Gasteiger partial charge < -0.3 is 19.0 Å². The van der Waals surface area contributed by atoms with Crippen molar-refractivity contribution in [2.75, 3.05) is 0 Å². The highest BCUT2D eigenvalue weighted by molar-refractivity contribution is 5.77. The highest BCUT2D eigenvalue weighted by Gasteiger charge is 2.30. The van der Waals surface area contributed by atoms with E-state index in [1.165, 1.54) is 13.8 Å². The monoisotopic (exact) mass is 499 g/mol. The van der Waals surface area contributed by atoms with E-state index < -0.39 is 11.6 Å². The average molecular weight is 500 g/mol. The zero-order chi connectivity index (χ0) is 26.6. The van der Waals surface area contributed by atoms with E-state index in [0.717, 1.165) is 40.8 Å². The van der Waals surface area contributed by atoms with Gasteiger partial charge in [0.25, 0.3) is 0 Å². The number of carboxylic acid groups (broad SMARTS) is 1. The van der Waals surface area contributed by atoms with Crippen molar-refractivity contribution in [1.29, 1.82) is 0 Å². The van der Waals surface area contributed by atoms with Gasteiger partial charge in [-0.25, -0.2) is 9.78 Å². The molecule has 0 amide bonds. The molecule has 37 heavy (non-hydrogen) atoms. The summed E-state index contributed by atoms with van der Waals surface area (Å²) in [5.41, 5.74) is 3.49. The Morgan fingerprint density at radius 2 is 1.65 bits per heavy atom. The van der Waals surface area contributed by atoms with Gasteiger partial charge in [0.1, 0.15) is 29.1 Å². The van der Waals surface area contributed by atoms with E-state index in [4.69, 9.17) is 18.9 Å². The third kappa shape index (κ3) is 6.02. The number of ether oxygens (including phenoxy) is 2. The number of carboxylic acids is 1. The number of benzene rings is 3. The average Bonchev–Trinajstić information content (AvgIpc) is 3.28. The van der Waals surface area contributed by atoms with Crippen molar-refractivity contribution < 1.29 is 23.8 Å². The Morgan fingerprint density at radius 1 is 1.00 bits per heavy atom. The number of nitrogens with zero attached hydrogens (tertiary/aromatic N) is 1. The topological polar surface area (TPSA) is 81.8 Å². The van der Waals surface area contributed by atoms with E-state index in [2.05, 4.69) is 31.2 Å². The zero-order valence-electron chi connectivity index (χ0n) is 21.9. The first-order valence-electron chi connectivity index (χ1n) is 12.5. The van der Waals surface area contributed by atoms with Gasteiger partial charge in [0.05, 0.1) is 0 Å². The molecule has 0 aliphatic rings. The molecule has 0 saturated carbocycles. The van der Waals surface area contributed by atoms with E-state index in [0.29, 0.717) is 23.1 Å². The Labute approximate surface area is 217 Å². The SMILES string of the molecule is CCCc1cc(OC(C)c2nc(-c3ccc(-c4ccccc4)cc3)oc2C)ccc1OC(C)(C)C(=O)O. The largest absolute Gasteiger partial charge is 0.484 e. The predicted molar refractivity (Wildman–Crippen MR) is 144 cm³/mol. The molecule has 0 radical (unpaired) electrons. The molecule has 6 nitrogen and oxygen atoms in total. The summed E-state index contributed by atoms with van der Waals surface area (Å²) in [6.45, 7) is 8.96. The van der Waals surface area contributed by atoms with Gasteiger partial charge in [-0.15, -0.1) is 0 Å². The van der Waals surface area contributed by atoms with E-state index in [1.807, 2.05) is 50.2 Å². The fourth-order valence-electron chi connectivity index (χ4n) is 4.12.